The minimum atomic E-state index is -5.03. The van der Waals surface area contributed by atoms with Gasteiger partial charge in [-0.1, -0.05) is 53.4 Å². The Hall–Kier alpha value is -0.150. The van der Waals surface area contributed by atoms with E-state index < -0.39 is 39.8 Å². The van der Waals surface area contributed by atoms with Crippen LogP contribution in [0.15, 0.2) is 0 Å². The van der Waals surface area contributed by atoms with Crippen molar-refractivity contribution in [2.75, 3.05) is 0 Å². The van der Waals surface area contributed by atoms with Gasteiger partial charge in [0.05, 0.1) is 6.42 Å². The molecule has 0 bridgehead atoms. The van der Waals surface area contributed by atoms with Crippen LogP contribution in [0.5, 0.6) is 0 Å². The fourth-order valence-corrected chi connectivity index (χ4v) is 3.50. The zero-order valence-electron chi connectivity index (χ0n) is 18.8. The van der Waals surface area contributed by atoms with E-state index >= 15 is 0 Å². The molecular formula is C20H37NaO7S. The van der Waals surface area contributed by atoms with Crippen molar-refractivity contribution in [2.24, 2.45) is 0 Å². The number of esters is 2. The second kappa shape index (κ2) is 17.5. The van der Waals surface area contributed by atoms with Crippen molar-refractivity contribution < 1.29 is 61.6 Å². The van der Waals surface area contributed by atoms with Gasteiger partial charge in [0.25, 0.3) is 0 Å². The average molecular weight is 445 g/mol. The average Bonchev–Trinajstić information content (AvgIpc) is 2.63. The van der Waals surface area contributed by atoms with Crippen molar-refractivity contribution in [3.05, 3.63) is 0 Å². The molecule has 0 spiro atoms. The summed E-state index contributed by atoms with van der Waals surface area (Å²) in [5.74, 6) is -2.02. The first-order chi connectivity index (χ1) is 13.2. The van der Waals surface area contributed by atoms with Crippen molar-refractivity contribution in [3.63, 3.8) is 0 Å². The van der Waals surface area contributed by atoms with E-state index in [1.165, 1.54) is 0 Å². The number of rotatable bonds is 16. The van der Waals surface area contributed by atoms with Crippen LogP contribution in [0.4, 0.5) is 0 Å². The maximum Gasteiger partial charge on any atom is 1.00 e. The molecule has 0 amide bonds. The summed E-state index contributed by atoms with van der Waals surface area (Å²) in [6.45, 7) is 7.79. The van der Waals surface area contributed by atoms with Crippen LogP contribution in [0.3, 0.4) is 0 Å². The third-order valence-electron chi connectivity index (χ3n) is 4.71. The fraction of sp³-hybridized carbons (Fsp3) is 0.900. The molecule has 0 aliphatic carbocycles. The van der Waals surface area contributed by atoms with Gasteiger partial charge in [-0.2, -0.15) is 0 Å². The molecule has 0 saturated heterocycles. The van der Waals surface area contributed by atoms with Crippen LogP contribution in [-0.2, 0) is 29.2 Å². The van der Waals surface area contributed by atoms with E-state index in [2.05, 4.69) is 6.92 Å². The molecule has 3 atom stereocenters. The van der Waals surface area contributed by atoms with E-state index in [4.69, 9.17) is 9.47 Å². The minimum absolute atomic E-state index is 0. The summed E-state index contributed by atoms with van der Waals surface area (Å²) < 4.78 is 45.1. The zero-order valence-corrected chi connectivity index (χ0v) is 21.6. The summed E-state index contributed by atoms with van der Waals surface area (Å²) in [5, 5.41) is -2.06. The van der Waals surface area contributed by atoms with E-state index in [0.717, 1.165) is 38.5 Å². The minimum Gasteiger partial charge on any atom is -0.747 e. The summed E-state index contributed by atoms with van der Waals surface area (Å²) in [5.41, 5.74) is 0. The summed E-state index contributed by atoms with van der Waals surface area (Å²) in [6.07, 6.45) is 6.51. The van der Waals surface area contributed by atoms with Gasteiger partial charge in [0.15, 0.2) is 5.25 Å². The van der Waals surface area contributed by atoms with E-state index in [0.29, 0.717) is 25.7 Å². The van der Waals surface area contributed by atoms with Crippen molar-refractivity contribution in [2.45, 2.75) is 116 Å². The van der Waals surface area contributed by atoms with Crippen LogP contribution in [0.25, 0.3) is 0 Å². The van der Waals surface area contributed by atoms with Gasteiger partial charge >= 0.3 is 41.5 Å². The normalized spacial score (nSPS) is 14.4. The van der Waals surface area contributed by atoms with Crippen LogP contribution >= 0.6 is 0 Å². The first-order valence-electron chi connectivity index (χ1n) is 10.5. The van der Waals surface area contributed by atoms with Gasteiger partial charge in [-0.15, -0.1) is 0 Å². The fourth-order valence-electron chi connectivity index (χ4n) is 2.87. The molecule has 0 fully saturated rings. The Morgan fingerprint density at radius 1 is 0.828 bits per heavy atom. The number of unbranched alkanes of at least 4 members (excludes halogenated alkanes) is 4. The van der Waals surface area contributed by atoms with Crippen LogP contribution in [-0.4, -0.2) is 42.4 Å². The molecule has 29 heavy (non-hydrogen) atoms. The smallest absolute Gasteiger partial charge is 0.747 e. The Morgan fingerprint density at radius 2 is 1.28 bits per heavy atom. The van der Waals surface area contributed by atoms with E-state index in [1.54, 1.807) is 0 Å². The molecule has 0 aromatic rings. The molecule has 3 unspecified atom stereocenters. The van der Waals surface area contributed by atoms with Crippen molar-refractivity contribution >= 4 is 22.1 Å². The van der Waals surface area contributed by atoms with Gasteiger partial charge in [0.1, 0.15) is 22.3 Å². The monoisotopic (exact) mass is 444 g/mol. The van der Waals surface area contributed by atoms with Crippen molar-refractivity contribution in [1.29, 1.82) is 0 Å². The molecular weight excluding hydrogens is 407 g/mol. The molecule has 0 radical (unpaired) electrons. The first-order valence-corrected chi connectivity index (χ1v) is 12.0. The molecule has 0 rings (SSSR count). The molecule has 7 nitrogen and oxygen atoms in total. The largest absolute Gasteiger partial charge is 1.00 e. The van der Waals surface area contributed by atoms with Crippen LogP contribution in [0.1, 0.15) is 98.3 Å². The molecule has 0 aromatic carbocycles. The van der Waals surface area contributed by atoms with Gasteiger partial charge in [-0.3, -0.25) is 9.59 Å². The number of hydrogen-bond donors (Lipinski definition) is 0. The standard InChI is InChI=1S/C20H38O7S.Na/c1-5-9-11-13-16(7-3)26-19(21)15-18(28(23,24)25)20(22)27-17(8-4)14-12-10-6-2;/h16-18H,5-15H2,1-4H3,(H,23,24,25);/q;+1/p-1. The van der Waals surface area contributed by atoms with E-state index in [9.17, 15) is 22.6 Å². The number of hydrogen-bond acceptors (Lipinski definition) is 7. The van der Waals surface area contributed by atoms with Gasteiger partial charge < -0.3 is 14.0 Å². The van der Waals surface area contributed by atoms with E-state index in [1.807, 2.05) is 20.8 Å². The van der Waals surface area contributed by atoms with Crippen LogP contribution in [0, 0.1) is 0 Å². The summed E-state index contributed by atoms with van der Waals surface area (Å²) in [7, 11) is -5.03. The molecule has 0 saturated carbocycles. The second-order valence-electron chi connectivity index (χ2n) is 7.16. The van der Waals surface area contributed by atoms with Gasteiger partial charge in [0.2, 0.25) is 0 Å². The number of carbonyl (C=O) groups is 2. The third kappa shape index (κ3) is 14.5. The molecule has 166 valence electrons. The molecule has 0 heterocycles. The topological polar surface area (TPSA) is 110 Å². The summed E-state index contributed by atoms with van der Waals surface area (Å²) in [6, 6.07) is 0. The number of carbonyl (C=O) groups excluding carboxylic acids is 2. The molecule has 9 heteroatoms. The predicted molar refractivity (Wildman–Crippen MR) is 107 cm³/mol. The van der Waals surface area contributed by atoms with Gasteiger partial charge in [-0.05, 0) is 38.5 Å². The summed E-state index contributed by atoms with van der Waals surface area (Å²) in [4.78, 5) is 24.4. The van der Waals surface area contributed by atoms with Crippen molar-refractivity contribution in [3.8, 4) is 0 Å². The number of ether oxygens (including phenoxy) is 2. The molecule has 0 aliphatic rings. The summed E-state index contributed by atoms with van der Waals surface area (Å²) >= 11 is 0. The molecule has 0 N–H and O–H groups in total. The maximum absolute atomic E-state index is 12.3. The first kappa shape index (κ1) is 31.0. The molecule has 0 aliphatic heterocycles. The Morgan fingerprint density at radius 3 is 1.66 bits per heavy atom. The molecule has 0 aromatic heterocycles. The van der Waals surface area contributed by atoms with Crippen molar-refractivity contribution in [1.82, 2.24) is 0 Å². The van der Waals surface area contributed by atoms with Crippen LogP contribution in [0.2, 0.25) is 0 Å². The van der Waals surface area contributed by atoms with Gasteiger partial charge in [-0.25, -0.2) is 8.42 Å². The van der Waals surface area contributed by atoms with Gasteiger partial charge in [0, 0.05) is 0 Å². The second-order valence-corrected chi connectivity index (χ2v) is 8.72. The van der Waals surface area contributed by atoms with Crippen LogP contribution < -0.4 is 29.6 Å². The maximum atomic E-state index is 12.3. The third-order valence-corrected chi connectivity index (χ3v) is 5.77. The predicted octanol–water partition coefficient (Wildman–Crippen LogP) is 1.10. The Balaban J connectivity index is 0. The Kier molecular flexibility index (Phi) is 18.8. The SMILES string of the molecule is CCCCCC(CC)OC(=O)CC(C(=O)OC(CC)CCCCC)S(=O)(=O)[O-].[Na+]. The Labute approximate surface area is 198 Å². The van der Waals surface area contributed by atoms with E-state index in [-0.39, 0.29) is 35.7 Å². The quantitative estimate of drug-likeness (QED) is 0.152. The Bertz CT molecular complexity index is 551. The zero-order chi connectivity index (χ0) is 21.6.